The lowest BCUT2D eigenvalue weighted by molar-refractivity contribution is 0.208. The molecule has 3 nitrogen and oxygen atoms in total. The minimum atomic E-state index is 0. The molecule has 0 bridgehead atoms. The van der Waals surface area contributed by atoms with Crippen LogP contribution in [0.4, 0.5) is 0 Å². The predicted molar refractivity (Wildman–Crippen MR) is 84.4 cm³/mol. The molecule has 0 aliphatic rings. The summed E-state index contributed by atoms with van der Waals surface area (Å²) in [5.41, 5.74) is 6.96. The fraction of sp³-hybridized carbons (Fsp3) is 0.571. The van der Waals surface area contributed by atoms with Crippen LogP contribution in [0.3, 0.4) is 0 Å². The zero-order valence-electron chi connectivity index (χ0n) is 12.1. The molecule has 2 N–H and O–H groups in total. The van der Waals surface area contributed by atoms with Crippen molar-refractivity contribution in [3.8, 4) is 5.75 Å². The monoisotopic (exact) mass is 306 g/mol. The van der Waals surface area contributed by atoms with Gasteiger partial charge in [0.05, 0.1) is 7.11 Å². The molecule has 0 aromatic heterocycles. The van der Waals surface area contributed by atoms with E-state index in [0.717, 1.165) is 29.4 Å². The van der Waals surface area contributed by atoms with E-state index in [0.29, 0.717) is 6.54 Å². The quantitative estimate of drug-likeness (QED) is 0.877. The zero-order valence-corrected chi connectivity index (χ0v) is 13.6. The van der Waals surface area contributed by atoms with Crippen LogP contribution in [0.5, 0.6) is 5.75 Å². The molecule has 1 rings (SSSR count). The molecule has 0 atom stereocenters. The van der Waals surface area contributed by atoms with E-state index >= 15 is 0 Å². The Hall–Kier alpha value is -0.480. The van der Waals surface area contributed by atoms with Gasteiger partial charge in [-0.25, -0.2) is 0 Å². The Morgan fingerprint density at radius 3 is 2.53 bits per heavy atom. The summed E-state index contributed by atoms with van der Waals surface area (Å²) in [6.07, 6.45) is 0. The minimum Gasteiger partial charge on any atom is -0.496 e. The van der Waals surface area contributed by atoms with E-state index in [-0.39, 0.29) is 17.8 Å². The summed E-state index contributed by atoms with van der Waals surface area (Å²) in [6, 6.07) is 5.69. The SMILES string of the molecule is COc1ccc(Cl)cc1CN(C)CC(C)(C)CN.Cl. The van der Waals surface area contributed by atoms with Crippen LogP contribution in [0, 0.1) is 5.41 Å². The van der Waals surface area contributed by atoms with Gasteiger partial charge in [0, 0.05) is 23.7 Å². The van der Waals surface area contributed by atoms with Gasteiger partial charge in [-0.1, -0.05) is 25.4 Å². The fourth-order valence-electron chi connectivity index (χ4n) is 2.01. The Morgan fingerprint density at radius 2 is 2.00 bits per heavy atom. The number of halogens is 2. The number of methoxy groups -OCH3 is 1. The molecule has 5 heteroatoms. The van der Waals surface area contributed by atoms with Crippen molar-refractivity contribution in [2.45, 2.75) is 20.4 Å². The lowest BCUT2D eigenvalue weighted by Gasteiger charge is -2.29. The van der Waals surface area contributed by atoms with Crippen molar-refractivity contribution in [2.75, 3.05) is 27.2 Å². The van der Waals surface area contributed by atoms with Crippen LogP contribution in [-0.4, -0.2) is 32.1 Å². The zero-order chi connectivity index (χ0) is 13.8. The molecule has 0 saturated heterocycles. The summed E-state index contributed by atoms with van der Waals surface area (Å²) >= 11 is 6.02. The fourth-order valence-corrected chi connectivity index (χ4v) is 2.21. The van der Waals surface area contributed by atoms with Crippen LogP contribution in [-0.2, 0) is 6.54 Å². The van der Waals surface area contributed by atoms with Crippen molar-refractivity contribution in [1.29, 1.82) is 0 Å². The van der Waals surface area contributed by atoms with Crippen molar-refractivity contribution in [1.82, 2.24) is 4.90 Å². The second-order valence-corrected chi connectivity index (χ2v) is 5.93. The van der Waals surface area contributed by atoms with Crippen LogP contribution >= 0.6 is 24.0 Å². The summed E-state index contributed by atoms with van der Waals surface area (Å²) in [5.74, 6) is 0.872. The first kappa shape index (κ1) is 18.5. The normalized spacial score (nSPS) is 11.3. The number of ether oxygens (including phenoxy) is 1. The number of hydrogen-bond acceptors (Lipinski definition) is 3. The van der Waals surface area contributed by atoms with Crippen molar-refractivity contribution >= 4 is 24.0 Å². The van der Waals surface area contributed by atoms with Gasteiger partial charge in [0.25, 0.3) is 0 Å². The van der Waals surface area contributed by atoms with Gasteiger partial charge in [0.15, 0.2) is 0 Å². The Bertz CT molecular complexity index is 397. The first-order valence-corrected chi connectivity index (χ1v) is 6.47. The van der Waals surface area contributed by atoms with Gasteiger partial charge >= 0.3 is 0 Å². The molecule has 1 aromatic rings. The summed E-state index contributed by atoms with van der Waals surface area (Å²) in [4.78, 5) is 2.24. The van der Waals surface area contributed by atoms with Crippen molar-refractivity contribution in [3.63, 3.8) is 0 Å². The molecule has 1 aromatic carbocycles. The molecule has 0 spiro atoms. The minimum absolute atomic E-state index is 0. The van der Waals surface area contributed by atoms with E-state index in [9.17, 15) is 0 Å². The average Bonchev–Trinajstić information content (AvgIpc) is 2.28. The Morgan fingerprint density at radius 1 is 1.37 bits per heavy atom. The third-order valence-corrected chi connectivity index (χ3v) is 3.17. The van der Waals surface area contributed by atoms with Crippen molar-refractivity contribution in [3.05, 3.63) is 28.8 Å². The van der Waals surface area contributed by atoms with E-state index in [1.165, 1.54) is 0 Å². The predicted octanol–water partition coefficient (Wildman–Crippen LogP) is 3.19. The largest absolute Gasteiger partial charge is 0.496 e. The third kappa shape index (κ3) is 6.00. The molecular formula is C14H24Cl2N2O. The molecule has 19 heavy (non-hydrogen) atoms. The summed E-state index contributed by atoms with van der Waals surface area (Å²) in [6.45, 7) is 6.73. The van der Waals surface area contributed by atoms with Crippen LogP contribution in [0.1, 0.15) is 19.4 Å². The molecule has 0 fully saturated rings. The molecule has 0 radical (unpaired) electrons. The average molecular weight is 307 g/mol. The van der Waals surface area contributed by atoms with E-state index in [1.54, 1.807) is 7.11 Å². The summed E-state index contributed by atoms with van der Waals surface area (Å²) in [5, 5.41) is 0.734. The van der Waals surface area contributed by atoms with Gasteiger partial charge < -0.3 is 15.4 Å². The number of nitrogens with two attached hydrogens (primary N) is 1. The highest BCUT2D eigenvalue weighted by atomic mass is 35.5. The topological polar surface area (TPSA) is 38.5 Å². The van der Waals surface area contributed by atoms with Crippen LogP contribution in [0.2, 0.25) is 5.02 Å². The highest BCUT2D eigenvalue weighted by Crippen LogP contribution is 2.24. The van der Waals surface area contributed by atoms with E-state index in [1.807, 2.05) is 18.2 Å². The van der Waals surface area contributed by atoms with Crippen LogP contribution in [0.25, 0.3) is 0 Å². The standard InChI is InChI=1S/C14H23ClN2O.ClH/c1-14(2,9-16)10-17(3)8-11-7-12(15)5-6-13(11)18-4;/h5-7H,8-10,16H2,1-4H3;1H. The number of benzene rings is 1. The van der Waals surface area contributed by atoms with E-state index in [4.69, 9.17) is 22.1 Å². The van der Waals surface area contributed by atoms with Gasteiger partial charge in [-0.05, 0) is 37.2 Å². The number of hydrogen-bond donors (Lipinski definition) is 1. The van der Waals surface area contributed by atoms with Crippen molar-refractivity contribution < 1.29 is 4.74 Å². The summed E-state index contributed by atoms with van der Waals surface area (Å²) in [7, 11) is 3.76. The lowest BCUT2D eigenvalue weighted by Crippen LogP contribution is -2.36. The van der Waals surface area contributed by atoms with Gasteiger partial charge in [-0.3, -0.25) is 0 Å². The Balaban J connectivity index is 0.00000324. The molecule has 0 saturated carbocycles. The number of rotatable bonds is 6. The molecular weight excluding hydrogens is 283 g/mol. The second kappa shape index (κ2) is 7.95. The van der Waals surface area contributed by atoms with E-state index in [2.05, 4.69) is 25.8 Å². The molecule has 0 amide bonds. The van der Waals surface area contributed by atoms with Gasteiger partial charge in [0.2, 0.25) is 0 Å². The van der Waals surface area contributed by atoms with Gasteiger partial charge in [0.1, 0.15) is 5.75 Å². The molecule has 0 aliphatic carbocycles. The highest BCUT2D eigenvalue weighted by molar-refractivity contribution is 6.30. The smallest absolute Gasteiger partial charge is 0.123 e. The first-order chi connectivity index (χ1) is 8.38. The van der Waals surface area contributed by atoms with Gasteiger partial charge in [-0.2, -0.15) is 0 Å². The Kier molecular flexibility index (Phi) is 7.75. The maximum atomic E-state index is 6.02. The molecule has 0 aliphatic heterocycles. The van der Waals surface area contributed by atoms with Crippen LogP contribution < -0.4 is 10.5 Å². The maximum absolute atomic E-state index is 6.02. The maximum Gasteiger partial charge on any atom is 0.123 e. The third-order valence-electron chi connectivity index (χ3n) is 2.93. The Labute approximate surface area is 127 Å². The van der Waals surface area contributed by atoms with Gasteiger partial charge in [-0.15, -0.1) is 12.4 Å². The van der Waals surface area contributed by atoms with E-state index < -0.39 is 0 Å². The molecule has 110 valence electrons. The first-order valence-electron chi connectivity index (χ1n) is 6.09. The lowest BCUT2D eigenvalue weighted by atomic mass is 9.93. The molecule has 0 heterocycles. The number of nitrogens with zero attached hydrogens (tertiary/aromatic N) is 1. The summed E-state index contributed by atoms with van der Waals surface area (Å²) < 4.78 is 5.35. The molecule has 0 unspecified atom stereocenters. The van der Waals surface area contributed by atoms with Crippen molar-refractivity contribution in [2.24, 2.45) is 11.1 Å². The van der Waals surface area contributed by atoms with Crippen LogP contribution in [0.15, 0.2) is 18.2 Å². The highest BCUT2D eigenvalue weighted by Gasteiger charge is 2.18. The second-order valence-electron chi connectivity index (χ2n) is 5.50.